The average molecular weight is 276 g/mol. The number of nitrogens with zero attached hydrogens (tertiary/aromatic N) is 1. The Morgan fingerprint density at radius 3 is 2.40 bits per heavy atom. The minimum absolute atomic E-state index is 0.102. The van der Waals surface area contributed by atoms with Crippen LogP contribution in [0, 0.1) is 0 Å². The molecule has 1 fully saturated rings. The highest BCUT2D eigenvalue weighted by molar-refractivity contribution is 5.91. The van der Waals surface area contributed by atoms with Crippen molar-refractivity contribution in [1.82, 2.24) is 0 Å². The van der Waals surface area contributed by atoms with Crippen molar-refractivity contribution in [3.05, 3.63) is 24.3 Å². The second-order valence-electron chi connectivity index (χ2n) is 5.13. The molecule has 1 aliphatic rings. The van der Waals surface area contributed by atoms with Gasteiger partial charge in [0.05, 0.1) is 0 Å². The Bertz CT molecular complexity index is 409. The number of nitrogens with one attached hydrogen (secondary N) is 1. The first-order valence-corrected chi connectivity index (χ1v) is 7.52. The molecular formula is C16H24N2O2. The summed E-state index contributed by atoms with van der Waals surface area (Å²) in [5.41, 5.74) is 2.07. The predicted molar refractivity (Wildman–Crippen MR) is 82.2 cm³/mol. The van der Waals surface area contributed by atoms with E-state index < -0.39 is 0 Å². The number of anilines is 2. The lowest BCUT2D eigenvalue weighted by molar-refractivity contribution is -0.120. The van der Waals surface area contributed by atoms with E-state index in [1.165, 1.54) is 31.4 Å². The summed E-state index contributed by atoms with van der Waals surface area (Å²) in [5.74, 6) is -0.102. The second-order valence-corrected chi connectivity index (χ2v) is 5.13. The lowest BCUT2D eigenvalue weighted by Crippen LogP contribution is -2.23. The van der Waals surface area contributed by atoms with Gasteiger partial charge in [-0.15, -0.1) is 0 Å². The number of benzene rings is 1. The third kappa shape index (κ3) is 4.53. The first kappa shape index (κ1) is 14.9. The molecule has 0 bridgehead atoms. The highest BCUT2D eigenvalue weighted by Crippen LogP contribution is 2.21. The molecule has 1 amide bonds. The van der Waals surface area contributed by atoms with Gasteiger partial charge in [-0.1, -0.05) is 12.8 Å². The maximum Gasteiger partial charge on any atom is 0.250 e. The number of carbonyl (C=O) groups is 1. The summed E-state index contributed by atoms with van der Waals surface area (Å²) in [6, 6.07) is 8.09. The third-order valence-electron chi connectivity index (χ3n) is 3.56. The summed E-state index contributed by atoms with van der Waals surface area (Å²) >= 11 is 0. The van der Waals surface area contributed by atoms with Crippen LogP contribution in [-0.2, 0) is 9.53 Å². The van der Waals surface area contributed by atoms with Crippen molar-refractivity contribution < 1.29 is 9.53 Å². The van der Waals surface area contributed by atoms with Crippen LogP contribution in [0.15, 0.2) is 24.3 Å². The van der Waals surface area contributed by atoms with Crippen LogP contribution >= 0.6 is 0 Å². The molecule has 4 heteroatoms. The summed E-state index contributed by atoms with van der Waals surface area (Å²) in [6.07, 6.45) is 5.21. The molecule has 20 heavy (non-hydrogen) atoms. The molecule has 1 N–H and O–H groups in total. The summed E-state index contributed by atoms with van der Waals surface area (Å²) < 4.78 is 5.08. The summed E-state index contributed by atoms with van der Waals surface area (Å²) in [7, 11) is 0. The monoisotopic (exact) mass is 276 g/mol. The van der Waals surface area contributed by atoms with Crippen LogP contribution in [0.2, 0.25) is 0 Å². The van der Waals surface area contributed by atoms with Gasteiger partial charge in [0.25, 0.3) is 0 Å². The van der Waals surface area contributed by atoms with Gasteiger partial charge in [-0.05, 0) is 44.0 Å². The zero-order valence-corrected chi connectivity index (χ0v) is 12.2. The number of hydrogen-bond acceptors (Lipinski definition) is 3. The fraction of sp³-hybridized carbons (Fsp3) is 0.562. The number of carbonyl (C=O) groups excluding carboxylic acids is 1. The molecule has 1 aromatic carbocycles. The zero-order chi connectivity index (χ0) is 14.2. The highest BCUT2D eigenvalue weighted by atomic mass is 16.5. The van der Waals surface area contributed by atoms with Crippen molar-refractivity contribution in [3.63, 3.8) is 0 Å². The zero-order valence-electron chi connectivity index (χ0n) is 12.2. The molecule has 0 atom stereocenters. The Morgan fingerprint density at radius 1 is 1.15 bits per heavy atom. The number of ether oxygens (including phenoxy) is 1. The lowest BCUT2D eigenvalue weighted by atomic mass is 10.2. The standard InChI is InChI=1S/C16H24N2O2/c1-2-20-13-16(19)17-14-7-9-15(10-8-14)18-11-5-3-4-6-12-18/h7-10H,2-6,11-13H2,1H3,(H,17,19). The molecule has 1 saturated heterocycles. The quantitative estimate of drug-likeness (QED) is 0.898. The topological polar surface area (TPSA) is 41.6 Å². The van der Waals surface area contributed by atoms with Gasteiger partial charge in [0, 0.05) is 31.1 Å². The van der Waals surface area contributed by atoms with E-state index in [1.54, 1.807) is 0 Å². The Hall–Kier alpha value is -1.55. The van der Waals surface area contributed by atoms with E-state index >= 15 is 0 Å². The maximum absolute atomic E-state index is 11.6. The summed E-state index contributed by atoms with van der Waals surface area (Å²) in [6.45, 7) is 4.82. The van der Waals surface area contributed by atoms with Crippen LogP contribution in [0.25, 0.3) is 0 Å². The molecule has 0 unspecified atom stereocenters. The van der Waals surface area contributed by atoms with E-state index in [0.717, 1.165) is 18.8 Å². The van der Waals surface area contributed by atoms with Crippen molar-refractivity contribution in [2.24, 2.45) is 0 Å². The molecule has 0 aliphatic carbocycles. The molecule has 0 spiro atoms. The molecule has 110 valence electrons. The normalized spacial score (nSPS) is 15.8. The molecule has 0 saturated carbocycles. The van der Waals surface area contributed by atoms with Crippen LogP contribution in [0.5, 0.6) is 0 Å². The van der Waals surface area contributed by atoms with E-state index in [0.29, 0.717) is 6.61 Å². The van der Waals surface area contributed by atoms with Crippen LogP contribution in [0.1, 0.15) is 32.6 Å². The van der Waals surface area contributed by atoms with Gasteiger partial charge in [0.15, 0.2) is 0 Å². The Balaban J connectivity index is 1.90. The van der Waals surface area contributed by atoms with E-state index in [4.69, 9.17) is 4.74 Å². The van der Waals surface area contributed by atoms with Gasteiger partial charge >= 0.3 is 0 Å². The average Bonchev–Trinajstić information content (AvgIpc) is 2.75. The van der Waals surface area contributed by atoms with Crippen molar-refractivity contribution >= 4 is 17.3 Å². The van der Waals surface area contributed by atoms with Crippen molar-refractivity contribution in [2.45, 2.75) is 32.6 Å². The van der Waals surface area contributed by atoms with Crippen molar-refractivity contribution in [1.29, 1.82) is 0 Å². The SMILES string of the molecule is CCOCC(=O)Nc1ccc(N2CCCCCC2)cc1. The third-order valence-corrected chi connectivity index (χ3v) is 3.56. The fourth-order valence-electron chi connectivity index (χ4n) is 2.48. The fourth-order valence-corrected chi connectivity index (χ4v) is 2.48. The Labute approximate surface area is 121 Å². The molecule has 4 nitrogen and oxygen atoms in total. The second kappa shape index (κ2) is 7.90. The van der Waals surface area contributed by atoms with Crippen molar-refractivity contribution in [3.8, 4) is 0 Å². The Kier molecular flexibility index (Phi) is 5.87. The number of hydrogen-bond donors (Lipinski definition) is 1. The van der Waals surface area contributed by atoms with Crippen LogP contribution in [0.3, 0.4) is 0 Å². The highest BCUT2D eigenvalue weighted by Gasteiger charge is 2.10. The van der Waals surface area contributed by atoms with Crippen molar-refractivity contribution in [2.75, 3.05) is 36.5 Å². The minimum atomic E-state index is -0.102. The molecule has 1 aromatic rings. The van der Waals surface area contributed by atoms with Crippen LogP contribution < -0.4 is 10.2 Å². The van der Waals surface area contributed by atoms with E-state index in [2.05, 4.69) is 22.3 Å². The predicted octanol–water partition coefficient (Wildman–Crippen LogP) is 3.04. The van der Waals surface area contributed by atoms with Gasteiger partial charge in [0.1, 0.15) is 6.61 Å². The van der Waals surface area contributed by atoms with Gasteiger partial charge in [0.2, 0.25) is 5.91 Å². The molecule has 1 aliphatic heterocycles. The smallest absolute Gasteiger partial charge is 0.250 e. The van der Waals surface area contributed by atoms with Gasteiger partial charge in [-0.2, -0.15) is 0 Å². The minimum Gasteiger partial charge on any atom is -0.372 e. The molecule has 0 radical (unpaired) electrons. The van der Waals surface area contributed by atoms with E-state index in [-0.39, 0.29) is 12.5 Å². The van der Waals surface area contributed by atoms with Gasteiger partial charge in [-0.25, -0.2) is 0 Å². The molecule has 1 heterocycles. The van der Waals surface area contributed by atoms with Crippen LogP contribution in [-0.4, -0.2) is 32.2 Å². The first-order chi connectivity index (χ1) is 9.79. The molecule has 0 aromatic heterocycles. The first-order valence-electron chi connectivity index (χ1n) is 7.52. The summed E-state index contributed by atoms with van der Waals surface area (Å²) in [5, 5.41) is 2.84. The van der Waals surface area contributed by atoms with Crippen LogP contribution in [0.4, 0.5) is 11.4 Å². The lowest BCUT2D eigenvalue weighted by Gasteiger charge is -2.22. The van der Waals surface area contributed by atoms with E-state index in [1.807, 2.05) is 19.1 Å². The maximum atomic E-state index is 11.6. The number of amides is 1. The molecule has 2 rings (SSSR count). The summed E-state index contributed by atoms with van der Waals surface area (Å²) in [4.78, 5) is 14.0. The molecular weight excluding hydrogens is 252 g/mol. The van der Waals surface area contributed by atoms with Gasteiger partial charge < -0.3 is 15.0 Å². The van der Waals surface area contributed by atoms with Gasteiger partial charge in [-0.3, -0.25) is 4.79 Å². The number of rotatable bonds is 5. The van der Waals surface area contributed by atoms with E-state index in [9.17, 15) is 4.79 Å². The largest absolute Gasteiger partial charge is 0.372 e. The Morgan fingerprint density at radius 2 is 1.80 bits per heavy atom.